The van der Waals surface area contributed by atoms with Gasteiger partial charge in [0, 0.05) is 37.0 Å². The lowest BCUT2D eigenvalue weighted by atomic mass is 9.94. The van der Waals surface area contributed by atoms with Crippen LogP contribution in [0.25, 0.3) is 0 Å². The van der Waals surface area contributed by atoms with Gasteiger partial charge in [0.25, 0.3) is 5.91 Å². The van der Waals surface area contributed by atoms with Gasteiger partial charge in [0.1, 0.15) is 0 Å². The minimum absolute atomic E-state index is 0.0265. The average molecular weight is 325 g/mol. The molecule has 0 spiro atoms. The number of nitrogens with zero attached hydrogens (tertiary/aromatic N) is 3. The molecule has 124 valence electrons. The van der Waals surface area contributed by atoms with E-state index in [0.717, 1.165) is 30.8 Å². The van der Waals surface area contributed by atoms with Crippen molar-refractivity contribution in [2.24, 2.45) is 0 Å². The molecule has 6 heteroatoms. The van der Waals surface area contributed by atoms with Crippen LogP contribution in [-0.4, -0.2) is 40.7 Å². The van der Waals surface area contributed by atoms with E-state index < -0.39 is 0 Å². The molecule has 24 heavy (non-hydrogen) atoms. The van der Waals surface area contributed by atoms with Gasteiger partial charge < -0.3 is 14.4 Å². The zero-order valence-corrected chi connectivity index (χ0v) is 13.6. The lowest BCUT2D eigenvalue weighted by molar-refractivity contribution is 0.0705. The van der Waals surface area contributed by atoms with Crippen molar-refractivity contribution >= 4 is 5.91 Å². The van der Waals surface area contributed by atoms with Crippen molar-refractivity contribution in [3.63, 3.8) is 0 Å². The molecular formula is C18H19N3O3. The third-order valence-corrected chi connectivity index (χ3v) is 4.52. The molecule has 2 aliphatic rings. The maximum atomic E-state index is 12.8. The average Bonchev–Trinajstić information content (AvgIpc) is 3.09. The highest BCUT2D eigenvalue weighted by atomic mass is 16.7. The minimum atomic E-state index is 0.0265. The Kier molecular flexibility index (Phi) is 3.80. The molecule has 1 aromatic carbocycles. The maximum absolute atomic E-state index is 12.8. The zero-order chi connectivity index (χ0) is 16.5. The number of amides is 1. The van der Waals surface area contributed by atoms with Gasteiger partial charge >= 0.3 is 0 Å². The molecule has 1 saturated heterocycles. The van der Waals surface area contributed by atoms with Crippen molar-refractivity contribution in [3.05, 3.63) is 47.5 Å². The molecule has 0 N–H and O–H groups in total. The van der Waals surface area contributed by atoms with Crippen LogP contribution >= 0.6 is 0 Å². The predicted octanol–water partition coefficient (Wildman–Crippen LogP) is 2.53. The van der Waals surface area contributed by atoms with Crippen LogP contribution < -0.4 is 9.47 Å². The lowest BCUT2D eigenvalue weighted by Gasteiger charge is -2.32. The number of benzene rings is 1. The smallest absolute Gasteiger partial charge is 0.254 e. The first kappa shape index (κ1) is 14.9. The van der Waals surface area contributed by atoms with Gasteiger partial charge in [0.2, 0.25) is 6.79 Å². The number of ether oxygens (including phenoxy) is 2. The molecule has 0 saturated carbocycles. The van der Waals surface area contributed by atoms with E-state index in [9.17, 15) is 4.79 Å². The molecule has 0 bridgehead atoms. The second kappa shape index (κ2) is 6.11. The molecule has 0 unspecified atom stereocenters. The van der Waals surface area contributed by atoms with Gasteiger partial charge in [-0.1, -0.05) is 0 Å². The van der Waals surface area contributed by atoms with E-state index >= 15 is 0 Å². The predicted molar refractivity (Wildman–Crippen MR) is 87.2 cm³/mol. The Bertz CT molecular complexity index is 778. The summed E-state index contributed by atoms with van der Waals surface area (Å²) in [5.41, 5.74) is 2.51. The van der Waals surface area contributed by atoms with Gasteiger partial charge in [-0.15, -0.1) is 0 Å². The van der Waals surface area contributed by atoms with E-state index in [0.29, 0.717) is 23.6 Å². The number of aromatic nitrogens is 2. The topological polar surface area (TPSA) is 64.6 Å². The number of carbonyl (C=O) groups excluding carboxylic acids is 1. The van der Waals surface area contributed by atoms with Crippen molar-refractivity contribution in [1.82, 2.24) is 14.9 Å². The molecule has 0 radical (unpaired) electrons. The highest BCUT2D eigenvalue weighted by Crippen LogP contribution is 2.33. The Balaban J connectivity index is 1.52. The largest absolute Gasteiger partial charge is 0.454 e. The first-order valence-corrected chi connectivity index (χ1v) is 8.18. The van der Waals surface area contributed by atoms with Crippen LogP contribution in [0.5, 0.6) is 11.5 Å². The molecule has 6 nitrogen and oxygen atoms in total. The van der Waals surface area contributed by atoms with Crippen LogP contribution in [0.15, 0.2) is 30.6 Å². The maximum Gasteiger partial charge on any atom is 0.254 e. The lowest BCUT2D eigenvalue weighted by Crippen LogP contribution is -2.39. The summed E-state index contributed by atoms with van der Waals surface area (Å²) >= 11 is 0. The number of hydrogen-bond acceptors (Lipinski definition) is 5. The molecule has 4 rings (SSSR count). The van der Waals surface area contributed by atoms with E-state index in [1.54, 1.807) is 24.4 Å². The minimum Gasteiger partial charge on any atom is -0.454 e. The number of hydrogen-bond donors (Lipinski definition) is 0. The molecule has 1 amide bonds. The first-order chi connectivity index (χ1) is 11.7. The quantitative estimate of drug-likeness (QED) is 0.849. The van der Waals surface area contributed by atoms with Crippen molar-refractivity contribution in [1.29, 1.82) is 0 Å². The highest BCUT2D eigenvalue weighted by molar-refractivity contribution is 5.95. The van der Waals surface area contributed by atoms with Gasteiger partial charge in [0.15, 0.2) is 11.5 Å². The first-order valence-electron chi connectivity index (χ1n) is 8.18. The van der Waals surface area contributed by atoms with Crippen LogP contribution in [0.4, 0.5) is 0 Å². The summed E-state index contributed by atoms with van der Waals surface area (Å²) in [5, 5.41) is 0. The van der Waals surface area contributed by atoms with E-state index in [2.05, 4.69) is 9.97 Å². The van der Waals surface area contributed by atoms with Crippen molar-refractivity contribution < 1.29 is 14.3 Å². The summed E-state index contributed by atoms with van der Waals surface area (Å²) in [6.07, 6.45) is 5.56. The van der Waals surface area contributed by atoms with Crippen molar-refractivity contribution in [3.8, 4) is 11.5 Å². The van der Waals surface area contributed by atoms with E-state index in [4.69, 9.17) is 9.47 Å². The van der Waals surface area contributed by atoms with Crippen LogP contribution in [0, 0.1) is 6.92 Å². The van der Waals surface area contributed by atoms with Gasteiger partial charge in [-0.2, -0.15) is 0 Å². The standard InChI is InChI=1S/C18H19N3O3/c1-12-8-19-9-15(20-12)14-3-2-6-21(10-14)18(22)13-4-5-16-17(7-13)24-11-23-16/h4-5,7-9,14H,2-3,6,10-11H2,1H3/t14-/m1/s1. The third kappa shape index (κ3) is 2.79. The summed E-state index contributed by atoms with van der Waals surface area (Å²) in [7, 11) is 0. The summed E-state index contributed by atoms with van der Waals surface area (Å²) in [6, 6.07) is 5.36. The van der Waals surface area contributed by atoms with Crippen molar-refractivity contribution in [2.45, 2.75) is 25.7 Å². The van der Waals surface area contributed by atoms with Crippen LogP contribution in [0.1, 0.15) is 40.5 Å². The van der Waals surface area contributed by atoms with Crippen LogP contribution in [-0.2, 0) is 0 Å². The summed E-state index contributed by atoms with van der Waals surface area (Å²) in [6.45, 7) is 3.59. The summed E-state index contributed by atoms with van der Waals surface area (Å²) in [5.74, 6) is 1.60. The van der Waals surface area contributed by atoms with Crippen molar-refractivity contribution in [2.75, 3.05) is 19.9 Å². The number of likely N-dealkylation sites (tertiary alicyclic amines) is 1. The van der Waals surface area contributed by atoms with E-state index in [1.807, 2.05) is 18.0 Å². The number of aryl methyl sites for hydroxylation is 1. The van der Waals surface area contributed by atoms with Gasteiger partial charge in [0.05, 0.1) is 11.4 Å². The zero-order valence-electron chi connectivity index (χ0n) is 13.6. The third-order valence-electron chi connectivity index (χ3n) is 4.52. The normalized spacial score (nSPS) is 19.4. The Labute approximate surface area is 140 Å². The molecule has 3 heterocycles. The number of carbonyl (C=O) groups is 1. The fourth-order valence-electron chi connectivity index (χ4n) is 3.29. The SMILES string of the molecule is Cc1cncc([C@@H]2CCCN(C(=O)c3ccc4c(c3)OCO4)C2)n1. The molecule has 2 aliphatic heterocycles. The molecule has 1 fully saturated rings. The number of fused-ring (bicyclic) bond motifs is 1. The Morgan fingerprint density at radius 3 is 3.00 bits per heavy atom. The molecule has 1 atom stereocenters. The van der Waals surface area contributed by atoms with Crippen LogP contribution in [0.3, 0.4) is 0 Å². The van der Waals surface area contributed by atoms with E-state index in [-0.39, 0.29) is 18.6 Å². The van der Waals surface area contributed by atoms with E-state index in [1.165, 1.54) is 0 Å². The second-order valence-corrected chi connectivity index (χ2v) is 6.24. The highest BCUT2D eigenvalue weighted by Gasteiger charge is 2.27. The van der Waals surface area contributed by atoms with Crippen LogP contribution in [0.2, 0.25) is 0 Å². The molecular weight excluding hydrogens is 306 g/mol. The second-order valence-electron chi connectivity index (χ2n) is 6.24. The monoisotopic (exact) mass is 325 g/mol. The Morgan fingerprint density at radius 1 is 1.25 bits per heavy atom. The summed E-state index contributed by atoms with van der Waals surface area (Å²) in [4.78, 5) is 23.5. The van der Waals surface area contributed by atoms with Gasteiger partial charge in [-0.3, -0.25) is 14.8 Å². The fourth-order valence-corrected chi connectivity index (χ4v) is 3.29. The Morgan fingerprint density at radius 2 is 2.12 bits per heavy atom. The summed E-state index contributed by atoms with van der Waals surface area (Å²) < 4.78 is 10.7. The molecule has 0 aliphatic carbocycles. The number of piperidine rings is 1. The Hall–Kier alpha value is -2.63. The van der Waals surface area contributed by atoms with Gasteiger partial charge in [-0.25, -0.2) is 0 Å². The van der Waals surface area contributed by atoms with Gasteiger partial charge in [-0.05, 0) is 38.0 Å². The fraction of sp³-hybridized carbons (Fsp3) is 0.389. The molecule has 2 aromatic rings. The molecule has 1 aromatic heterocycles. The number of rotatable bonds is 2.